The third kappa shape index (κ3) is 2.18. The molecular weight excluding hydrogens is 230 g/mol. The largest absolute Gasteiger partial charge is 0.481 e. The van der Waals surface area contributed by atoms with Gasteiger partial charge in [0, 0.05) is 30.8 Å². The number of hydrogen-bond donors (Lipinski definition) is 1. The number of nitrogens with zero attached hydrogens (tertiary/aromatic N) is 2. The van der Waals surface area contributed by atoms with E-state index in [1.165, 1.54) is 0 Å². The summed E-state index contributed by atoms with van der Waals surface area (Å²) in [4.78, 5) is 18.0. The van der Waals surface area contributed by atoms with Gasteiger partial charge in [-0.05, 0) is 25.5 Å². The van der Waals surface area contributed by atoms with Crippen molar-refractivity contribution in [3.63, 3.8) is 0 Å². The van der Waals surface area contributed by atoms with Crippen LogP contribution in [0.1, 0.15) is 31.9 Å². The maximum atomic E-state index is 11.9. The fourth-order valence-electron chi connectivity index (χ4n) is 2.48. The number of methoxy groups -OCH3 is 1. The number of likely N-dealkylation sites (tertiary alicyclic amines) is 1. The van der Waals surface area contributed by atoms with E-state index in [0.29, 0.717) is 12.3 Å². The second-order valence-corrected chi connectivity index (χ2v) is 4.84. The van der Waals surface area contributed by atoms with Gasteiger partial charge in [0.25, 0.3) is 0 Å². The summed E-state index contributed by atoms with van der Waals surface area (Å²) in [5, 5.41) is 0. The summed E-state index contributed by atoms with van der Waals surface area (Å²) < 4.78 is 5.03. The lowest BCUT2D eigenvalue weighted by molar-refractivity contribution is -0.130. The Hall–Kier alpha value is -1.62. The predicted octanol–water partition coefficient (Wildman–Crippen LogP) is 1.10. The zero-order valence-electron chi connectivity index (χ0n) is 11.0. The van der Waals surface area contributed by atoms with Crippen LogP contribution in [0.15, 0.2) is 18.3 Å². The molecule has 5 heteroatoms. The van der Waals surface area contributed by atoms with Gasteiger partial charge in [0.2, 0.25) is 11.8 Å². The zero-order valence-corrected chi connectivity index (χ0v) is 11.0. The van der Waals surface area contributed by atoms with Crippen LogP contribution in [0.4, 0.5) is 0 Å². The summed E-state index contributed by atoms with van der Waals surface area (Å²) in [6.45, 7) is 4.00. The maximum absolute atomic E-state index is 11.9. The Morgan fingerprint density at radius 1 is 1.50 bits per heavy atom. The number of nitrogens with two attached hydrogens (primary N) is 1. The Balaban J connectivity index is 2.31. The van der Waals surface area contributed by atoms with Gasteiger partial charge in [0.05, 0.1) is 13.2 Å². The first-order chi connectivity index (χ1) is 8.54. The van der Waals surface area contributed by atoms with Crippen molar-refractivity contribution in [2.45, 2.75) is 38.4 Å². The van der Waals surface area contributed by atoms with Crippen LogP contribution in [0.2, 0.25) is 0 Å². The molecule has 0 bridgehead atoms. The summed E-state index contributed by atoms with van der Waals surface area (Å²) >= 11 is 0. The van der Waals surface area contributed by atoms with E-state index in [1.54, 1.807) is 19.4 Å². The number of pyridine rings is 1. The normalized spacial score (nSPS) is 23.8. The second kappa shape index (κ2) is 4.94. The summed E-state index contributed by atoms with van der Waals surface area (Å²) in [5.74, 6) is 0.672. The van der Waals surface area contributed by atoms with Crippen LogP contribution in [0.25, 0.3) is 0 Å². The molecule has 1 aromatic rings. The van der Waals surface area contributed by atoms with Gasteiger partial charge in [0.1, 0.15) is 0 Å². The number of rotatable bonds is 3. The van der Waals surface area contributed by atoms with E-state index in [4.69, 9.17) is 10.5 Å². The van der Waals surface area contributed by atoms with Crippen LogP contribution < -0.4 is 10.5 Å². The van der Waals surface area contributed by atoms with Gasteiger partial charge < -0.3 is 15.4 Å². The second-order valence-electron chi connectivity index (χ2n) is 4.84. The molecule has 0 radical (unpaired) electrons. The number of amides is 1. The molecule has 1 fully saturated rings. The Bertz CT molecular complexity index is 430. The van der Waals surface area contributed by atoms with Gasteiger partial charge in [-0.2, -0.15) is 0 Å². The van der Waals surface area contributed by atoms with E-state index in [9.17, 15) is 4.79 Å². The Morgan fingerprint density at radius 3 is 2.72 bits per heavy atom. The number of carbonyl (C=O) groups is 1. The topological polar surface area (TPSA) is 68.5 Å². The highest BCUT2D eigenvalue weighted by molar-refractivity contribution is 5.80. The Labute approximate surface area is 107 Å². The molecule has 1 aliphatic rings. The summed E-state index contributed by atoms with van der Waals surface area (Å²) in [6, 6.07) is 3.59. The fraction of sp³-hybridized carbons (Fsp3) is 0.538. The molecule has 2 N–H and O–H groups in total. The molecule has 0 aromatic carbocycles. The van der Waals surface area contributed by atoms with Gasteiger partial charge in [-0.3, -0.25) is 4.79 Å². The molecule has 0 spiro atoms. The minimum absolute atomic E-state index is 0.0871. The van der Waals surface area contributed by atoms with Crippen molar-refractivity contribution in [2.24, 2.45) is 5.73 Å². The lowest BCUT2D eigenvalue weighted by Gasteiger charge is -2.30. The van der Waals surface area contributed by atoms with Gasteiger partial charge >= 0.3 is 0 Å². The molecule has 1 aliphatic heterocycles. The van der Waals surface area contributed by atoms with Crippen LogP contribution in [0.5, 0.6) is 5.88 Å². The van der Waals surface area contributed by atoms with Gasteiger partial charge in [0.15, 0.2) is 0 Å². The van der Waals surface area contributed by atoms with Crippen molar-refractivity contribution >= 4 is 5.91 Å². The molecule has 2 heterocycles. The third-order valence-corrected chi connectivity index (χ3v) is 3.27. The molecule has 1 saturated heterocycles. The van der Waals surface area contributed by atoms with Crippen LogP contribution in [0.3, 0.4) is 0 Å². The molecule has 0 saturated carbocycles. The monoisotopic (exact) mass is 249 g/mol. The summed E-state index contributed by atoms with van der Waals surface area (Å²) in [5.41, 5.74) is 7.04. The minimum Gasteiger partial charge on any atom is -0.481 e. The SMILES string of the molecule is COc1ccc(C2C(N)CC(=O)N2C(C)C)cn1. The van der Waals surface area contributed by atoms with Crippen molar-refractivity contribution in [3.8, 4) is 5.88 Å². The van der Waals surface area contributed by atoms with Gasteiger partial charge in [-0.25, -0.2) is 4.98 Å². The van der Waals surface area contributed by atoms with Crippen LogP contribution >= 0.6 is 0 Å². The lowest BCUT2D eigenvalue weighted by Crippen LogP contribution is -2.37. The number of ether oxygens (including phenoxy) is 1. The number of hydrogen-bond acceptors (Lipinski definition) is 4. The molecular formula is C13H19N3O2. The van der Waals surface area contributed by atoms with E-state index in [-0.39, 0.29) is 24.0 Å². The third-order valence-electron chi connectivity index (χ3n) is 3.27. The molecule has 0 aliphatic carbocycles. The average Bonchev–Trinajstić information content (AvgIpc) is 2.64. The summed E-state index contributed by atoms with van der Waals surface area (Å²) in [6.07, 6.45) is 2.13. The highest BCUT2D eigenvalue weighted by atomic mass is 16.5. The van der Waals surface area contributed by atoms with Crippen molar-refractivity contribution in [1.82, 2.24) is 9.88 Å². The smallest absolute Gasteiger partial charge is 0.225 e. The molecule has 5 nitrogen and oxygen atoms in total. The maximum Gasteiger partial charge on any atom is 0.225 e. The van der Waals surface area contributed by atoms with Crippen LogP contribution in [-0.4, -0.2) is 35.0 Å². The molecule has 2 rings (SSSR count). The van der Waals surface area contributed by atoms with Crippen molar-refractivity contribution in [3.05, 3.63) is 23.9 Å². The van der Waals surface area contributed by atoms with Crippen molar-refractivity contribution in [1.29, 1.82) is 0 Å². The standard InChI is InChI=1S/C13H19N3O2/c1-8(2)16-12(17)6-10(14)13(16)9-4-5-11(18-3)15-7-9/h4-5,7-8,10,13H,6,14H2,1-3H3. The van der Waals surface area contributed by atoms with E-state index in [0.717, 1.165) is 5.56 Å². The van der Waals surface area contributed by atoms with E-state index in [2.05, 4.69) is 4.98 Å². The lowest BCUT2D eigenvalue weighted by atomic mass is 10.0. The first kappa shape index (κ1) is 12.8. The fourth-order valence-corrected chi connectivity index (χ4v) is 2.48. The van der Waals surface area contributed by atoms with Crippen molar-refractivity contribution < 1.29 is 9.53 Å². The molecule has 98 valence electrons. The Kier molecular flexibility index (Phi) is 3.52. The number of aromatic nitrogens is 1. The predicted molar refractivity (Wildman–Crippen MR) is 68.1 cm³/mol. The van der Waals surface area contributed by atoms with Gasteiger partial charge in [-0.15, -0.1) is 0 Å². The van der Waals surface area contributed by atoms with E-state index < -0.39 is 0 Å². The molecule has 2 unspecified atom stereocenters. The zero-order chi connectivity index (χ0) is 13.3. The first-order valence-corrected chi connectivity index (χ1v) is 6.11. The minimum atomic E-state index is -0.171. The van der Waals surface area contributed by atoms with E-state index >= 15 is 0 Å². The number of carbonyl (C=O) groups excluding carboxylic acids is 1. The Morgan fingerprint density at radius 2 is 2.22 bits per heavy atom. The quantitative estimate of drug-likeness (QED) is 0.871. The van der Waals surface area contributed by atoms with Crippen LogP contribution in [0, 0.1) is 0 Å². The molecule has 1 aromatic heterocycles. The average molecular weight is 249 g/mol. The molecule has 18 heavy (non-hydrogen) atoms. The highest BCUT2D eigenvalue weighted by Crippen LogP contribution is 2.33. The first-order valence-electron chi connectivity index (χ1n) is 6.11. The summed E-state index contributed by atoms with van der Waals surface area (Å²) in [7, 11) is 1.58. The van der Waals surface area contributed by atoms with Crippen LogP contribution in [-0.2, 0) is 4.79 Å². The molecule has 2 atom stereocenters. The van der Waals surface area contributed by atoms with Gasteiger partial charge in [-0.1, -0.05) is 0 Å². The molecule has 1 amide bonds. The van der Waals surface area contributed by atoms with E-state index in [1.807, 2.05) is 24.8 Å². The van der Waals surface area contributed by atoms with Crippen molar-refractivity contribution in [2.75, 3.05) is 7.11 Å². The highest BCUT2D eigenvalue weighted by Gasteiger charge is 2.39.